The van der Waals surface area contributed by atoms with Gasteiger partial charge in [-0.2, -0.15) is 8.42 Å². The van der Waals surface area contributed by atoms with Gasteiger partial charge in [-0.05, 0) is 6.42 Å². The Morgan fingerprint density at radius 3 is 2.50 bits per heavy atom. The summed E-state index contributed by atoms with van der Waals surface area (Å²) < 4.78 is 34.9. The Morgan fingerprint density at radius 2 is 2.00 bits per heavy atom. The fourth-order valence-electron chi connectivity index (χ4n) is 1.28. The standard InChI is InChI=1S/C7H16N2O4S/c8-7(14(10,11)12)1-2-9-3-5-13-6-4-9/h7H,1-6,8H2,(H,10,11,12). The first-order valence-corrected chi connectivity index (χ1v) is 6.02. The van der Waals surface area contributed by atoms with Gasteiger partial charge in [0.15, 0.2) is 0 Å². The van der Waals surface area contributed by atoms with Gasteiger partial charge >= 0.3 is 0 Å². The van der Waals surface area contributed by atoms with Crippen LogP contribution in [0.15, 0.2) is 0 Å². The van der Waals surface area contributed by atoms with E-state index in [1.54, 1.807) is 0 Å². The molecule has 0 amide bonds. The zero-order valence-electron chi connectivity index (χ0n) is 7.92. The van der Waals surface area contributed by atoms with Crippen molar-refractivity contribution < 1.29 is 17.7 Å². The summed E-state index contributed by atoms with van der Waals surface area (Å²) in [5.74, 6) is 0. The van der Waals surface area contributed by atoms with E-state index in [0.29, 0.717) is 19.8 Å². The largest absolute Gasteiger partial charge is 0.379 e. The number of morpholine rings is 1. The number of hydrogen-bond acceptors (Lipinski definition) is 5. The van der Waals surface area contributed by atoms with E-state index in [9.17, 15) is 8.42 Å². The summed E-state index contributed by atoms with van der Waals surface area (Å²) in [7, 11) is -4.08. The molecule has 1 unspecified atom stereocenters. The van der Waals surface area contributed by atoms with Crippen LogP contribution in [-0.4, -0.2) is 56.1 Å². The van der Waals surface area contributed by atoms with Crippen molar-refractivity contribution in [2.45, 2.75) is 11.8 Å². The third-order valence-electron chi connectivity index (χ3n) is 2.22. The number of nitrogens with zero attached hydrogens (tertiary/aromatic N) is 1. The molecule has 0 radical (unpaired) electrons. The fraction of sp³-hybridized carbons (Fsp3) is 1.00. The van der Waals surface area contributed by atoms with E-state index in [2.05, 4.69) is 4.90 Å². The molecular weight excluding hydrogens is 208 g/mol. The van der Waals surface area contributed by atoms with E-state index in [4.69, 9.17) is 15.0 Å². The number of rotatable bonds is 4. The minimum Gasteiger partial charge on any atom is -0.379 e. The molecule has 0 saturated carbocycles. The van der Waals surface area contributed by atoms with Crippen LogP contribution < -0.4 is 5.73 Å². The second kappa shape index (κ2) is 5.04. The average Bonchev–Trinajstić information content (AvgIpc) is 2.14. The second-order valence-corrected chi connectivity index (χ2v) is 4.93. The maximum atomic E-state index is 10.6. The van der Waals surface area contributed by atoms with Crippen LogP contribution in [0, 0.1) is 0 Å². The quantitative estimate of drug-likeness (QED) is 0.588. The maximum Gasteiger partial charge on any atom is 0.280 e. The van der Waals surface area contributed by atoms with Gasteiger partial charge in [-0.3, -0.25) is 9.45 Å². The first kappa shape index (κ1) is 11.9. The first-order valence-electron chi connectivity index (χ1n) is 4.52. The summed E-state index contributed by atoms with van der Waals surface area (Å²) in [6.45, 7) is 3.49. The van der Waals surface area contributed by atoms with Gasteiger partial charge in [0.25, 0.3) is 10.1 Å². The lowest BCUT2D eigenvalue weighted by atomic mass is 10.3. The predicted octanol–water partition coefficient (Wildman–Crippen LogP) is -1.12. The Bertz CT molecular complexity index is 261. The van der Waals surface area contributed by atoms with E-state index in [1.165, 1.54) is 0 Å². The molecule has 1 aliphatic heterocycles. The molecule has 0 aromatic carbocycles. The molecule has 1 atom stereocenters. The Morgan fingerprint density at radius 1 is 1.43 bits per heavy atom. The molecule has 0 aromatic heterocycles. The Hall–Kier alpha value is -0.210. The maximum absolute atomic E-state index is 10.6. The lowest BCUT2D eigenvalue weighted by Crippen LogP contribution is -2.40. The van der Waals surface area contributed by atoms with Crippen LogP contribution >= 0.6 is 0 Å². The molecule has 0 bridgehead atoms. The molecule has 0 aromatic rings. The molecule has 7 heteroatoms. The van der Waals surface area contributed by atoms with Crippen molar-refractivity contribution in [1.82, 2.24) is 4.90 Å². The van der Waals surface area contributed by atoms with Crippen molar-refractivity contribution in [3.05, 3.63) is 0 Å². The van der Waals surface area contributed by atoms with Gasteiger partial charge in [0, 0.05) is 19.6 Å². The van der Waals surface area contributed by atoms with Gasteiger partial charge < -0.3 is 10.5 Å². The third kappa shape index (κ3) is 3.89. The minimum atomic E-state index is -4.08. The van der Waals surface area contributed by atoms with Crippen LogP contribution in [0.25, 0.3) is 0 Å². The minimum absolute atomic E-state index is 0.249. The molecule has 84 valence electrons. The van der Waals surface area contributed by atoms with Crippen molar-refractivity contribution in [3.8, 4) is 0 Å². The predicted molar refractivity (Wildman–Crippen MR) is 51.4 cm³/mol. The summed E-state index contributed by atoms with van der Waals surface area (Å²) in [6, 6.07) is 0. The zero-order valence-corrected chi connectivity index (χ0v) is 8.74. The van der Waals surface area contributed by atoms with E-state index in [-0.39, 0.29) is 6.42 Å². The molecule has 1 heterocycles. The summed E-state index contributed by atoms with van der Waals surface area (Å²) in [5, 5.41) is -1.18. The summed E-state index contributed by atoms with van der Waals surface area (Å²) in [4.78, 5) is 2.06. The number of nitrogens with two attached hydrogens (primary N) is 1. The van der Waals surface area contributed by atoms with Gasteiger partial charge in [-0.1, -0.05) is 0 Å². The van der Waals surface area contributed by atoms with Crippen molar-refractivity contribution in [2.75, 3.05) is 32.8 Å². The normalized spacial score (nSPS) is 22.1. The van der Waals surface area contributed by atoms with Crippen LogP contribution in [0.5, 0.6) is 0 Å². The molecule has 1 rings (SSSR count). The van der Waals surface area contributed by atoms with E-state index < -0.39 is 15.5 Å². The monoisotopic (exact) mass is 224 g/mol. The first-order chi connectivity index (χ1) is 6.50. The lowest BCUT2D eigenvalue weighted by Gasteiger charge is -2.27. The smallest absolute Gasteiger partial charge is 0.280 e. The van der Waals surface area contributed by atoms with Gasteiger partial charge in [0.2, 0.25) is 0 Å². The van der Waals surface area contributed by atoms with Crippen molar-refractivity contribution in [1.29, 1.82) is 0 Å². The van der Waals surface area contributed by atoms with Gasteiger partial charge in [0.05, 0.1) is 13.2 Å². The zero-order chi connectivity index (χ0) is 10.6. The average molecular weight is 224 g/mol. The van der Waals surface area contributed by atoms with E-state index >= 15 is 0 Å². The molecule has 14 heavy (non-hydrogen) atoms. The molecule has 1 fully saturated rings. The Kier molecular flexibility index (Phi) is 4.27. The molecule has 0 spiro atoms. The molecular formula is C7H16N2O4S. The molecule has 0 aliphatic carbocycles. The van der Waals surface area contributed by atoms with E-state index in [0.717, 1.165) is 13.1 Å². The number of hydrogen-bond donors (Lipinski definition) is 2. The van der Waals surface area contributed by atoms with Gasteiger partial charge in [-0.15, -0.1) is 0 Å². The van der Waals surface area contributed by atoms with Crippen molar-refractivity contribution >= 4 is 10.1 Å². The highest BCUT2D eigenvalue weighted by molar-refractivity contribution is 7.86. The lowest BCUT2D eigenvalue weighted by molar-refractivity contribution is 0.0373. The fourth-order valence-corrected chi connectivity index (χ4v) is 1.69. The highest BCUT2D eigenvalue weighted by Crippen LogP contribution is 2.02. The van der Waals surface area contributed by atoms with Crippen molar-refractivity contribution in [3.63, 3.8) is 0 Å². The summed E-state index contributed by atoms with van der Waals surface area (Å²) in [5.41, 5.74) is 5.27. The molecule has 3 N–H and O–H groups in total. The number of ether oxygens (including phenoxy) is 1. The Labute approximate surface area is 83.8 Å². The summed E-state index contributed by atoms with van der Waals surface area (Å²) >= 11 is 0. The summed E-state index contributed by atoms with van der Waals surface area (Å²) in [6.07, 6.45) is 0.249. The third-order valence-corrected chi connectivity index (χ3v) is 3.22. The van der Waals surface area contributed by atoms with Crippen LogP contribution in [0.3, 0.4) is 0 Å². The van der Waals surface area contributed by atoms with E-state index in [1.807, 2.05) is 0 Å². The highest BCUT2D eigenvalue weighted by Gasteiger charge is 2.19. The SMILES string of the molecule is NC(CCN1CCOCC1)S(=O)(=O)O. The molecule has 1 aliphatic rings. The second-order valence-electron chi connectivity index (χ2n) is 3.30. The molecule has 1 saturated heterocycles. The molecule has 6 nitrogen and oxygen atoms in total. The van der Waals surface area contributed by atoms with Crippen LogP contribution in [0.4, 0.5) is 0 Å². The van der Waals surface area contributed by atoms with Crippen molar-refractivity contribution in [2.24, 2.45) is 5.73 Å². The van der Waals surface area contributed by atoms with Gasteiger partial charge in [0.1, 0.15) is 5.37 Å². The van der Waals surface area contributed by atoms with Crippen LogP contribution in [0.1, 0.15) is 6.42 Å². The van der Waals surface area contributed by atoms with Crippen LogP contribution in [-0.2, 0) is 14.9 Å². The Balaban J connectivity index is 2.25. The topological polar surface area (TPSA) is 92.9 Å². The highest BCUT2D eigenvalue weighted by atomic mass is 32.2. The van der Waals surface area contributed by atoms with Crippen LogP contribution in [0.2, 0.25) is 0 Å². The van der Waals surface area contributed by atoms with Gasteiger partial charge in [-0.25, -0.2) is 0 Å².